The lowest BCUT2D eigenvalue weighted by molar-refractivity contribution is 0.475. The van der Waals surface area contributed by atoms with E-state index in [0.29, 0.717) is 12.1 Å². The van der Waals surface area contributed by atoms with Gasteiger partial charge in [0.2, 0.25) is 0 Å². The average Bonchev–Trinajstić information content (AvgIpc) is 2.48. The molecule has 1 N–H and O–H groups in total. The topological polar surface area (TPSA) is 12.0 Å². The van der Waals surface area contributed by atoms with Crippen LogP contribution in [-0.4, -0.2) is 6.04 Å². The molecule has 1 aromatic carbocycles. The molecule has 0 spiro atoms. The lowest BCUT2D eigenvalue weighted by Crippen LogP contribution is -2.26. The van der Waals surface area contributed by atoms with Gasteiger partial charge in [-0.15, -0.1) is 0 Å². The van der Waals surface area contributed by atoms with Crippen LogP contribution in [0, 0.1) is 0 Å². The molecule has 0 fully saturated rings. The fraction of sp³-hybridized carbons (Fsp3) is 0.500. The second-order valence-electron chi connectivity index (χ2n) is 4.11. The Morgan fingerprint density at radius 1 is 1.31 bits per heavy atom. The van der Waals surface area contributed by atoms with Crippen molar-refractivity contribution in [3.63, 3.8) is 0 Å². The summed E-state index contributed by atoms with van der Waals surface area (Å²) >= 11 is 0. The Hall–Kier alpha value is -0.820. The molecule has 70 valence electrons. The second kappa shape index (κ2) is 3.51. The Kier molecular flexibility index (Phi) is 2.36. The highest BCUT2D eigenvalue weighted by atomic mass is 14.9. The molecule has 0 saturated carbocycles. The molecule has 0 saturated heterocycles. The van der Waals surface area contributed by atoms with E-state index in [1.165, 1.54) is 24.0 Å². The number of fused-ring (bicyclic) bond motifs is 1. The van der Waals surface area contributed by atoms with Crippen LogP contribution >= 0.6 is 0 Å². The maximum absolute atomic E-state index is 3.60. The van der Waals surface area contributed by atoms with Crippen molar-refractivity contribution in [1.82, 2.24) is 5.32 Å². The van der Waals surface area contributed by atoms with Gasteiger partial charge in [-0.25, -0.2) is 0 Å². The predicted octanol–water partition coefficient (Wildman–Crippen LogP) is 2.67. The molecule has 0 radical (unpaired) electrons. The number of nitrogens with one attached hydrogen (secondary N) is 1. The molecule has 1 nitrogen and oxygen atoms in total. The van der Waals surface area contributed by atoms with Crippen molar-refractivity contribution >= 4 is 0 Å². The van der Waals surface area contributed by atoms with E-state index in [1.54, 1.807) is 0 Å². The lowest BCUT2D eigenvalue weighted by atomic mass is 10.1. The van der Waals surface area contributed by atoms with Crippen LogP contribution in [0.2, 0.25) is 0 Å². The first-order valence-corrected chi connectivity index (χ1v) is 5.11. The zero-order chi connectivity index (χ0) is 9.26. The van der Waals surface area contributed by atoms with Crippen molar-refractivity contribution in [2.24, 2.45) is 0 Å². The minimum Gasteiger partial charge on any atom is -0.308 e. The Balaban J connectivity index is 2.18. The van der Waals surface area contributed by atoms with E-state index in [0.717, 1.165) is 0 Å². The van der Waals surface area contributed by atoms with Gasteiger partial charge in [-0.2, -0.15) is 0 Å². The van der Waals surface area contributed by atoms with Gasteiger partial charge in [-0.3, -0.25) is 0 Å². The summed E-state index contributed by atoms with van der Waals surface area (Å²) in [6.07, 6.45) is 2.50. The Morgan fingerprint density at radius 3 is 2.85 bits per heavy atom. The summed E-state index contributed by atoms with van der Waals surface area (Å²) in [4.78, 5) is 0. The molecule has 0 heterocycles. The fourth-order valence-corrected chi connectivity index (χ4v) is 2.13. The summed E-state index contributed by atoms with van der Waals surface area (Å²) in [5.74, 6) is 0. The molecule has 0 amide bonds. The number of benzene rings is 1. The Labute approximate surface area is 80.2 Å². The molecule has 1 aromatic rings. The standard InChI is InChI=1S/C12H17N/c1-9(2)13-12-8-7-10-5-3-4-6-11(10)12/h3-6,9,12-13H,7-8H2,1-2H3/t12-/m0/s1. The Morgan fingerprint density at radius 2 is 2.08 bits per heavy atom. The van der Waals surface area contributed by atoms with Gasteiger partial charge in [0.25, 0.3) is 0 Å². The van der Waals surface area contributed by atoms with Crippen LogP contribution < -0.4 is 5.32 Å². The molecule has 1 aliphatic carbocycles. The first-order chi connectivity index (χ1) is 6.27. The molecule has 1 atom stereocenters. The minimum atomic E-state index is 0.580. The predicted molar refractivity (Wildman–Crippen MR) is 55.8 cm³/mol. The molecule has 0 bridgehead atoms. The van der Waals surface area contributed by atoms with Crippen LogP contribution in [0.3, 0.4) is 0 Å². The third-order valence-electron chi connectivity index (χ3n) is 2.67. The Bertz CT molecular complexity index is 291. The van der Waals surface area contributed by atoms with Crippen molar-refractivity contribution in [1.29, 1.82) is 0 Å². The summed E-state index contributed by atoms with van der Waals surface area (Å²) in [5, 5.41) is 3.60. The first-order valence-electron chi connectivity index (χ1n) is 5.11. The molecule has 0 aromatic heterocycles. The molecule has 2 rings (SSSR count). The largest absolute Gasteiger partial charge is 0.308 e. The SMILES string of the molecule is CC(C)N[C@H]1CCc2ccccc21. The zero-order valence-corrected chi connectivity index (χ0v) is 8.38. The van der Waals surface area contributed by atoms with Gasteiger partial charge in [-0.05, 0) is 24.0 Å². The summed E-state index contributed by atoms with van der Waals surface area (Å²) < 4.78 is 0. The van der Waals surface area contributed by atoms with E-state index in [2.05, 4.69) is 43.4 Å². The van der Waals surface area contributed by atoms with Crippen molar-refractivity contribution in [2.75, 3.05) is 0 Å². The third kappa shape index (κ3) is 1.75. The molecule has 0 unspecified atom stereocenters. The van der Waals surface area contributed by atoms with Crippen molar-refractivity contribution in [3.8, 4) is 0 Å². The number of aryl methyl sites for hydroxylation is 1. The summed E-state index contributed by atoms with van der Waals surface area (Å²) in [6, 6.07) is 9.95. The van der Waals surface area contributed by atoms with Crippen molar-refractivity contribution < 1.29 is 0 Å². The summed E-state index contributed by atoms with van der Waals surface area (Å²) in [6.45, 7) is 4.42. The van der Waals surface area contributed by atoms with E-state index >= 15 is 0 Å². The highest BCUT2D eigenvalue weighted by molar-refractivity contribution is 5.34. The molecule has 1 heteroatoms. The van der Waals surface area contributed by atoms with Crippen LogP contribution in [0.15, 0.2) is 24.3 Å². The van der Waals surface area contributed by atoms with Crippen LogP contribution in [0.1, 0.15) is 37.4 Å². The van der Waals surface area contributed by atoms with Gasteiger partial charge < -0.3 is 5.32 Å². The van der Waals surface area contributed by atoms with Gasteiger partial charge in [0.05, 0.1) is 0 Å². The average molecular weight is 175 g/mol. The van der Waals surface area contributed by atoms with E-state index in [4.69, 9.17) is 0 Å². The smallest absolute Gasteiger partial charge is 0.0328 e. The van der Waals surface area contributed by atoms with E-state index in [-0.39, 0.29) is 0 Å². The third-order valence-corrected chi connectivity index (χ3v) is 2.67. The quantitative estimate of drug-likeness (QED) is 0.728. The van der Waals surface area contributed by atoms with Crippen molar-refractivity contribution in [2.45, 2.75) is 38.8 Å². The summed E-state index contributed by atoms with van der Waals surface area (Å²) in [5.41, 5.74) is 3.04. The highest BCUT2D eigenvalue weighted by Gasteiger charge is 2.21. The molecular formula is C12H17N. The minimum absolute atomic E-state index is 0.580. The van der Waals surface area contributed by atoms with Crippen LogP contribution in [0.5, 0.6) is 0 Å². The number of rotatable bonds is 2. The molecule has 0 aliphatic heterocycles. The normalized spacial score (nSPS) is 20.7. The van der Waals surface area contributed by atoms with Gasteiger partial charge in [-0.1, -0.05) is 38.1 Å². The van der Waals surface area contributed by atoms with Gasteiger partial charge in [0, 0.05) is 12.1 Å². The summed E-state index contributed by atoms with van der Waals surface area (Å²) in [7, 11) is 0. The second-order valence-corrected chi connectivity index (χ2v) is 4.11. The van der Waals surface area contributed by atoms with E-state index in [9.17, 15) is 0 Å². The molecule has 1 aliphatic rings. The fourth-order valence-electron chi connectivity index (χ4n) is 2.13. The van der Waals surface area contributed by atoms with Crippen LogP contribution in [-0.2, 0) is 6.42 Å². The van der Waals surface area contributed by atoms with Crippen molar-refractivity contribution in [3.05, 3.63) is 35.4 Å². The van der Waals surface area contributed by atoms with Gasteiger partial charge in [0.15, 0.2) is 0 Å². The van der Waals surface area contributed by atoms with Gasteiger partial charge >= 0.3 is 0 Å². The zero-order valence-electron chi connectivity index (χ0n) is 8.38. The van der Waals surface area contributed by atoms with Crippen LogP contribution in [0.4, 0.5) is 0 Å². The van der Waals surface area contributed by atoms with E-state index < -0.39 is 0 Å². The number of hydrogen-bond acceptors (Lipinski definition) is 1. The highest BCUT2D eigenvalue weighted by Crippen LogP contribution is 2.30. The lowest BCUT2D eigenvalue weighted by Gasteiger charge is -2.16. The first kappa shape index (κ1) is 8.76. The maximum atomic E-state index is 3.60. The molecule has 13 heavy (non-hydrogen) atoms. The number of hydrogen-bond donors (Lipinski definition) is 1. The van der Waals surface area contributed by atoms with Crippen LogP contribution in [0.25, 0.3) is 0 Å². The monoisotopic (exact) mass is 175 g/mol. The van der Waals surface area contributed by atoms with Gasteiger partial charge in [0.1, 0.15) is 0 Å². The van der Waals surface area contributed by atoms with E-state index in [1.807, 2.05) is 0 Å². The molecular weight excluding hydrogens is 158 g/mol. The maximum Gasteiger partial charge on any atom is 0.0328 e.